The molecule has 0 atom stereocenters. The van der Waals surface area contributed by atoms with Gasteiger partial charge < -0.3 is 4.42 Å². The summed E-state index contributed by atoms with van der Waals surface area (Å²) in [6.07, 6.45) is 0. The molecule has 0 bridgehead atoms. The first-order valence-corrected chi connectivity index (χ1v) is 19.2. The fourth-order valence-corrected chi connectivity index (χ4v) is 10.8. The Hall–Kier alpha value is -6.22. The van der Waals surface area contributed by atoms with Crippen molar-refractivity contribution in [1.82, 2.24) is 0 Å². The Morgan fingerprint density at radius 1 is 0.434 bits per heavy atom. The first-order valence-electron chi connectivity index (χ1n) is 18.4. The maximum Gasteiger partial charge on any atom is 0.143 e. The number of rotatable bonds is 2. The van der Waals surface area contributed by atoms with E-state index in [0.29, 0.717) is 0 Å². The van der Waals surface area contributed by atoms with Crippen molar-refractivity contribution in [3.05, 3.63) is 169 Å². The molecule has 0 aliphatic heterocycles. The summed E-state index contributed by atoms with van der Waals surface area (Å²) in [7, 11) is 0. The molecule has 11 aromatic rings. The van der Waals surface area contributed by atoms with Crippen molar-refractivity contribution < 1.29 is 4.42 Å². The Morgan fingerprint density at radius 2 is 1.09 bits per heavy atom. The predicted octanol–water partition coefficient (Wildman–Crippen LogP) is 15.1. The number of hydrogen-bond donors (Lipinski definition) is 0. The van der Waals surface area contributed by atoms with Gasteiger partial charge in [-0.15, -0.1) is 11.3 Å². The molecule has 12 rings (SSSR count). The summed E-state index contributed by atoms with van der Waals surface area (Å²) in [4.78, 5) is 0. The molecular formula is C51H32OS. The van der Waals surface area contributed by atoms with Crippen LogP contribution in [0.3, 0.4) is 0 Å². The zero-order chi connectivity index (χ0) is 35.0. The van der Waals surface area contributed by atoms with Gasteiger partial charge in [-0.25, -0.2) is 0 Å². The summed E-state index contributed by atoms with van der Waals surface area (Å²) >= 11 is 1.88. The monoisotopic (exact) mass is 692 g/mol. The molecule has 1 aliphatic carbocycles. The third-order valence-electron chi connectivity index (χ3n) is 12.1. The van der Waals surface area contributed by atoms with Crippen molar-refractivity contribution in [3.8, 4) is 33.4 Å². The van der Waals surface area contributed by atoms with Crippen LogP contribution in [0.4, 0.5) is 0 Å². The van der Waals surface area contributed by atoms with E-state index < -0.39 is 0 Å². The van der Waals surface area contributed by atoms with Gasteiger partial charge in [0.1, 0.15) is 11.2 Å². The SMILES string of the molecule is CC1(C)c2cc(-c3c4ccccc4c(-c4cccc5sc6ccccc6c45)c4ccccc34)ccc2-c2c1ccc1c2oc2ccc3ccccc3c21. The summed E-state index contributed by atoms with van der Waals surface area (Å²) in [5, 5.41) is 12.6. The number of furan rings is 1. The van der Waals surface area contributed by atoms with Gasteiger partial charge in [0, 0.05) is 41.9 Å². The van der Waals surface area contributed by atoms with Gasteiger partial charge in [0.15, 0.2) is 0 Å². The molecule has 0 fully saturated rings. The second kappa shape index (κ2) is 10.4. The lowest BCUT2D eigenvalue weighted by Crippen LogP contribution is -2.15. The minimum Gasteiger partial charge on any atom is -0.455 e. The zero-order valence-corrected chi connectivity index (χ0v) is 30.1. The summed E-state index contributed by atoms with van der Waals surface area (Å²) in [6, 6.07) is 58.5. The molecule has 0 saturated carbocycles. The average Bonchev–Trinajstić information content (AvgIpc) is 3.85. The molecule has 2 heteroatoms. The Morgan fingerprint density at radius 3 is 1.87 bits per heavy atom. The third-order valence-corrected chi connectivity index (χ3v) is 13.2. The van der Waals surface area contributed by atoms with E-state index in [2.05, 4.69) is 172 Å². The third kappa shape index (κ3) is 3.86. The number of hydrogen-bond acceptors (Lipinski definition) is 2. The number of thiophene rings is 1. The molecule has 53 heavy (non-hydrogen) atoms. The van der Waals surface area contributed by atoms with Crippen LogP contribution in [0.15, 0.2) is 162 Å². The summed E-state index contributed by atoms with van der Waals surface area (Å²) in [6.45, 7) is 4.74. The minimum atomic E-state index is -0.197. The maximum absolute atomic E-state index is 6.79. The van der Waals surface area contributed by atoms with Crippen molar-refractivity contribution >= 4 is 85.8 Å². The molecule has 0 radical (unpaired) electrons. The second-order valence-corrected chi connectivity index (χ2v) is 16.2. The Balaban J connectivity index is 1.12. The summed E-state index contributed by atoms with van der Waals surface area (Å²) < 4.78 is 9.45. The van der Waals surface area contributed by atoms with Crippen LogP contribution in [0, 0.1) is 0 Å². The van der Waals surface area contributed by atoms with E-state index >= 15 is 0 Å². The first-order chi connectivity index (χ1) is 26.1. The second-order valence-electron chi connectivity index (χ2n) is 15.1. The molecule has 248 valence electrons. The van der Waals surface area contributed by atoms with Crippen molar-refractivity contribution in [2.24, 2.45) is 0 Å². The van der Waals surface area contributed by atoms with Crippen LogP contribution in [0.2, 0.25) is 0 Å². The fraction of sp³-hybridized carbons (Fsp3) is 0.0588. The Kier molecular flexibility index (Phi) is 5.78. The normalized spacial score (nSPS) is 13.6. The molecule has 0 amide bonds. The van der Waals surface area contributed by atoms with E-state index in [-0.39, 0.29) is 5.41 Å². The van der Waals surface area contributed by atoms with Crippen LogP contribution in [-0.4, -0.2) is 0 Å². The fourth-order valence-electron chi connectivity index (χ4n) is 9.69. The van der Waals surface area contributed by atoms with Gasteiger partial charge in [0.25, 0.3) is 0 Å². The Labute approximate surface area is 310 Å². The molecule has 2 heterocycles. The molecule has 1 nitrogen and oxygen atoms in total. The lowest BCUT2D eigenvalue weighted by Gasteiger charge is -2.23. The van der Waals surface area contributed by atoms with E-state index in [9.17, 15) is 0 Å². The van der Waals surface area contributed by atoms with Gasteiger partial charge in [-0.3, -0.25) is 0 Å². The zero-order valence-electron chi connectivity index (χ0n) is 29.3. The van der Waals surface area contributed by atoms with E-state index in [1.165, 1.54) is 108 Å². The van der Waals surface area contributed by atoms with Crippen LogP contribution in [0.25, 0.3) is 108 Å². The highest BCUT2D eigenvalue weighted by Gasteiger charge is 2.38. The van der Waals surface area contributed by atoms with Gasteiger partial charge >= 0.3 is 0 Å². The minimum absolute atomic E-state index is 0.197. The molecule has 2 aromatic heterocycles. The molecule has 9 aromatic carbocycles. The van der Waals surface area contributed by atoms with E-state index in [4.69, 9.17) is 4.42 Å². The average molecular weight is 693 g/mol. The summed E-state index contributed by atoms with van der Waals surface area (Å²) in [5.74, 6) is 0. The van der Waals surface area contributed by atoms with Gasteiger partial charge in [0.2, 0.25) is 0 Å². The molecule has 0 unspecified atom stereocenters. The van der Waals surface area contributed by atoms with Crippen molar-refractivity contribution in [2.75, 3.05) is 0 Å². The van der Waals surface area contributed by atoms with Crippen molar-refractivity contribution in [3.63, 3.8) is 0 Å². The summed E-state index contributed by atoms with van der Waals surface area (Å²) in [5.41, 5.74) is 12.0. The van der Waals surface area contributed by atoms with Crippen LogP contribution in [-0.2, 0) is 5.41 Å². The number of fused-ring (bicyclic) bond motifs is 14. The first kappa shape index (κ1) is 29.4. The Bertz CT molecular complexity index is 3320. The van der Waals surface area contributed by atoms with Crippen molar-refractivity contribution in [2.45, 2.75) is 19.3 Å². The van der Waals surface area contributed by atoms with Crippen LogP contribution >= 0.6 is 11.3 Å². The largest absolute Gasteiger partial charge is 0.455 e. The molecular weight excluding hydrogens is 661 g/mol. The highest BCUT2D eigenvalue weighted by Crippen LogP contribution is 2.55. The van der Waals surface area contributed by atoms with E-state index in [1.807, 2.05) is 11.3 Å². The predicted molar refractivity (Wildman–Crippen MR) is 228 cm³/mol. The van der Waals surface area contributed by atoms with Crippen molar-refractivity contribution in [1.29, 1.82) is 0 Å². The van der Waals surface area contributed by atoms with Gasteiger partial charge in [-0.2, -0.15) is 0 Å². The number of benzene rings is 9. The molecule has 0 spiro atoms. The molecule has 0 saturated heterocycles. The van der Waals surface area contributed by atoms with E-state index in [0.717, 1.165) is 11.2 Å². The van der Waals surface area contributed by atoms with E-state index in [1.54, 1.807) is 0 Å². The lowest BCUT2D eigenvalue weighted by molar-refractivity contribution is 0.653. The highest BCUT2D eigenvalue weighted by molar-refractivity contribution is 7.26. The highest BCUT2D eigenvalue weighted by atomic mass is 32.1. The smallest absolute Gasteiger partial charge is 0.143 e. The topological polar surface area (TPSA) is 13.1 Å². The van der Waals surface area contributed by atoms with Crippen LogP contribution < -0.4 is 0 Å². The standard InChI is InChI=1S/C51H32OS/c1-51(2)40-26-25-39-47-31-13-4-3-12-29(31)23-27-42(47)52-50(39)49(40)36-24-22-30(28-41(36)51)45-32-14-5-7-16-34(32)46(35-17-8-6-15-33(35)45)38-19-11-21-44-48(38)37-18-9-10-20-43(37)53-44/h3-28H,1-2H3. The molecule has 1 aliphatic rings. The maximum atomic E-state index is 6.79. The van der Waals surface area contributed by atoms with Crippen LogP contribution in [0.5, 0.6) is 0 Å². The molecule has 0 N–H and O–H groups in total. The lowest BCUT2D eigenvalue weighted by atomic mass is 9.80. The quantitative estimate of drug-likeness (QED) is 0.164. The van der Waals surface area contributed by atoms with Gasteiger partial charge in [-0.05, 0) is 95.5 Å². The van der Waals surface area contributed by atoms with Crippen LogP contribution in [0.1, 0.15) is 25.0 Å². The van der Waals surface area contributed by atoms with Gasteiger partial charge in [-0.1, -0.05) is 147 Å². The van der Waals surface area contributed by atoms with Gasteiger partial charge in [0.05, 0.1) is 0 Å².